The molecule has 2 N–H and O–H groups in total. The first-order valence-corrected chi connectivity index (χ1v) is 11.2. The van der Waals surface area contributed by atoms with Crippen LogP contribution in [0, 0.1) is 11.8 Å². The number of carbonyl (C=O) groups is 1. The second-order valence-corrected chi connectivity index (χ2v) is 9.52. The number of rotatable bonds is 5. The molecular weight excluding hydrogens is 404 g/mol. The summed E-state index contributed by atoms with van der Waals surface area (Å²) in [6.45, 7) is 5.77. The van der Waals surface area contributed by atoms with Gasteiger partial charge in [0.2, 0.25) is 11.8 Å². The van der Waals surface area contributed by atoms with Gasteiger partial charge in [-0.3, -0.25) is 14.4 Å². The fourth-order valence-electron chi connectivity index (χ4n) is 4.45. The number of aromatic hydroxyl groups is 1. The van der Waals surface area contributed by atoms with E-state index in [1.165, 1.54) is 0 Å². The smallest absolute Gasteiger partial charge is 0.258 e. The Bertz CT molecular complexity index is 1080. The minimum absolute atomic E-state index is 0.0216. The lowest BCUT2D eigenvalue weighted by atomic mass is 9.83. The van der Waals surface area contributed by atoms with Crippen LogP contribution in [0.25, 0.3) is 0 Å². The van der Waals surface area contributed by atoms with Crippen molar-refractivity contribution in [2.24, 2.45) is 11.8 Å². The lowest BCUT2D eigenvalue weighted by Gasteiger charge is -2.42. The van der Waals surface area contributed by atoms with Gasteiger partial charge in [-0.2, -0.15) is 4.98 Å². The molecular formula is C21H26N4O4S. The highest BCUT2D eigenvalue weighted by atomic mass is 32.2. The quantitative estimate of drug-likeness (QED) is 0.551. The monoisotopic (exact) mass is 430 g/mol. The predicted molar refractivity (Wildman–Crippen MR) is 114 cm³/mol. The summed E-state index contributed by atoms with van der Waals surface area (Å²) in [7, 11) is 0. The van der Waals surface area contributed by atoms with Crippen LogP contribution in [0.4, 0.5) is 0 Å². The Labute approximate surface area is 178 Å². The fraction of sp³-hybridized carbons (Fsp3) is 0.524. The van der Waals surface area contributed by atoms with Crippen LogP contribution in [0.1, 0.15) is 37.4 Å². The number of pyridine rings is 1. The van der Waals surface area contributed by atoms with Gasteiger partial charge in [0.05, 0.1) is 11.3 Å². The number of piperidine rings is 1. The number of nitrogens with one attached hydrogen (secondary N) is 1. The molecule has 4 rings (SSSR count). The zero-order chi connectivity index (χ0) is 21.4. The average Bonchev–Trinajstić information content (AvgIpc) is 2.69. The molecule has 2 atom stereocenters. The molecule has 0 aliphatic carbocycles. The van der Waals surface area contributed by atoms with Crippen molar-refractivity contribution in [3.8, 4) is 5.88 Å². The first kappa shape index (κ1) is 20.7. The van der Waals surface area contributed by atoms with Crippen LogP contribution in [0.15, 0.2) is 32.9 Å². The molecule has 2 aliphatic rings. The van der Waals surface area contributed by atoms with Gasteiger partial charge < -0.3 is 19.6 Å². The van der Waals surface area contributed by atoms with Gasteiger partial charge in [0.1, 0.15) is 0 Å². The van der Waals surface area contributed by atoms with Gasteiger partial charge >= 0.3 is 0 Å². The summed E-state index contributed by atoms with van der Waals surface area (Å²) >= 11 is 1.12. The highest BCUT2D eigenvalue weighted by molar-refractivity contribution is 7.99. The molecule has 0 radical (unpaired) electrons. The number of hydrogen-bond donors (Lipinski definition) is 2. The van der Waals surface area contributed by atoms with E-state index in [2.05, 4.69) is 9.97 Å². The first-order valence-electron chi connectivity index (χ1n) is 10.2. The third kappa shape index (κ3) is 4.16. The van der Waals surface area contributed by atoms with Crippen molar-refractivity contribution in [3.63, 3.8) is 0 Å². The number of aromatic amines is 1. The van der Waals surface area contributed by atoms with Crippen LogP contribution in [0.5, 0.6) is 5.88 Å². The van der Waals surface area contributed by atoms with Crippen LogP contribution < -0.4 is 11.1 Å². The fourth-order valence-corrected chi connectivity index (χ4v) is 5.21. The third-order valence-corrected chi connectivity index (χ3v) is 6.61. The van der Waals surface area contributed by atoms with Crippen molar-refractivity contribution in [2.45, 2.75) is 44.3 Å². The molecule has 0 saturated carbocycles. The summed E-state index contributed by atoms with van der Waals surface area (Å²) in [5.41, 5.74) is 0.938. The Hall–Kier alpha value is -2.55. The Morgan fingerprint density at radius 1 is 1.30 bits per heavy atom. The van der Waals surface area contributed by atoms with E-state index in [0.717, 1.165) is 23.9 Å². The summed E-state index contributed by atoms with van der Waals surface area (Å²) in [6.07, 6.45) is 1.43. The number of thioether (sulfide) groups is 1. The summed E-state index contributed by atoms with van der Waals surface area (Å²) < 4.78 is 1.84. The van der Waals surface area contributed by atoms with E-state index in [1.807, 2.05) is 29.4 Å². The standard InChI is InChI=1S/C21H26N4O4S/c1-12(2)6-15-19(28)22-21(23-20(15)29)30-11-18(27)24-8-13-7-14(10-24)16-4-3-5-17(26)25(16)9-13/h3-5,12-14H,6-11H2,1-2H3,(H2,22,23,28,29)/t13-,14-/m1/s1. The van der Waals surface area contributed by atoms with Gasteiger partial charge in [0, 0.05) is 37.3 Å². The van der Waals surface area contributed by atoms with E-state index in [9.17, 15) is 19.5 Å². The second kappa shape index (κ2) is 8.29. The van der Waals surface area contributed by atoms with E-state index in [-0.39, 0.29) is 57.1 Å². The maximum atomic E-state index is 12.8. The molecule has 2 aromatic rings. The molecule has 4 heterocycles. The minimum Gasteiger partial charge on any atom is -0.493 e. The topological polar surface area (TPSA) is 108 Å². The van der Waals surface area contributed by atoms with Crippen molar-refractivity contribution in [1.82, 2.24) is 19.4 Å². The number of likely N-dealkylation sites (tertiary alicyclic amines) is 1. The molecule has 30 heavy (non-hydrogen) atoms. The van der Waals surface area contributed by atoms with Crippen molar-refractivity contribution in [3.05, 3.63) is 50.2 Å². The second-order valence-electron chi connectivity index (χ2n) is 8.56. The first-order chi connectivity index (χ1) is 14.3. The van der Waals surface area contributed by atoms with Crippen molar-refractivity contribution in [2.75, 3.05) is 18.8 Å². The molecule has 2 aromatic heterocycles. The van der Waals surface area contributed by atoms with Crippen molar-refractivity contribution < 1.29 is 9.90 Å². The number of hydrogen-bond acceptors (Lipinski definition) is 6. The van der Waals surface area contributed by atoms with Gasteiger partial charge in [-0.15, -0.1) is 0 Å². The Balaban J connectivity index is 1.42. The zero-order valence-corrected chi connectivity index (χ0v) is 17.9. The largest absolute Gasteiger partial charge is 0.493 e. The normalized spacial score (nSPS) is 20.3. The molecule has 2 bridgehead atoms. The number of amides is 1. The van der Waals surface area contributed by atoms with Gasteiger partial charge in [0.25, 0.3) is 11.1 Å². The summed E-state index contributed by atoms with van der Waals surface area (Å²) in [6, 6.07) is 5.34. The van der Waals surface area contributed by atoms with Crippen LogP contribution in [-0.2, 0) is 17.8 Å². The summed E-state index contributed by atoms with van der Waals surface area (Å²) in [5, 5.41) is 10.3. The van der Waals surface area contributed by atoms with Crippen molar-refractivity contribution >= 4 is 17.7 Å². The number of fused-ring (bicyclic) bond motifs is 4. The van der Waals surface area contributed by atoms with Gasteiger partial charge in [-0.25, -0.2) is 0 Å². The SMILES string of the molecule is CC(C)Cc1c(O)nc(SCC(=O)N2C[C@H]3C[C@H](C2)c2cccc(=O)n2C3)[nH]c1=O. The minimum atomic E-state index is -0.360. The van der Waals surface area contributed by atoms with Crippen molar-refractivity contribution in [1.29, 1.82) is 0 Å². The van der Waals surface area contributed by atoms with Crippen LogP contribution in [0.2, 0.25) is 0 Å². The maximum absolute atomic E-state index is 12.8. The molecule has 1 fully saturated rings. The molecule has 2 aliphatic heterocycles. The molecule has 9 heteroatoms. The Morgan fingerprint density at radius 2 is 2.10 bits per heavy atom. The number of H-pyrrole nitrogens is 1. The molecule has 1 saturated heterocycles. The zero-order valence-electron chi connectivity index (χ0n) is 17.1. The molecule has 160 valence electrons. The third-order valence-electron chi connectivity index (χ3n) is 5.75. The van der Waals surface area contributed by atoms with E-state index in [4.69, 9.17) is 0 Å². The number of nitrogens with zero attached hydrogens (tertiary/aromatic N) is 3. The van der Waals surface area contributed by atoms with E-state index in [0.29, 0.717) is 26.1 Å². The number of carbonyl (C=O) groups excluding carboxylic acids is 1. The maximum Gasteiger partial charge on any atom is 0.258 e. The van der Waals surface area contributed by atoms with E-state index >= 15 is 0 Å². The Morgan fingerprint density at radius 3 is 2.83 bits per heavy atom. The Kier molecular flexibility index (Phi) is 5.73. The highest BCUT2D eigenvalue weighted by Crippen LogP contribution is 2.35. The number of aromatic nitrogens is 3. The molecule has 1 amide bonds. The van der Waals surface area contributed by atoms with Gasteiger partial charge in [0.15, 0.2) is 5.16 Å². The van der Waals surface area contributed by atoms with Crippen LogP contribution in [0.3, 0.4) is 0 Å². The molecule has 0 unspecified atom stereocenters. The van der Waals surface area contributed by atoms with Crippen LogP contribution in [-0.4, -0.2) is 49.3 Å². The van der Waals surface area contributed by atoms with Gasteiger partial charge in [-0.1, -0.05) is 31.7 Å². The van der Waals surface area contributed by atoms with E-state index < -0.39 is 0 Å². The molecule has 0 spiro atoms. The average molecular weight is 431 g/mol. The van der Waals surface area contributed by atoms with Gasteiger partial charge in [-0.05, 0) is 30.7 Å². The lowest BCUT2D eigenvalue weighted by Crippen LogP contribution is -2.49. The van der Waals surface area contributed by atoms with Crippen LogP contribution >= 0.6 is 11.8 Å². The lowest BCUT2D eigenvalue weighted by molar-refractivity contribution is -0.131. The molecule has 8 nitrogen and oxygen atoms in total. The summed E-state index contributed by atoms with van der Waals surface area (Å²) in [4.78, 5) is 45.7. The van der Waals surface area contributed by atoms with E-state index in [1.54, 1.807) is 12.1 Å². The predicted octanol–water partition coefficient (Wildman–Crippen LogP) is 1.57. The highest BCUT2D eigenvalue weighted by Gasteiger charge is 2.36. The summed E-state index contributed by atoms with van der Waals surface area (Å²) in [5.74, 6) is 0.484. The molecule has 0 aromatic carbocycles.